The molecule has 0 aromatic heterocycles. The van der Waals surface area contributed by atoms with E-state index in [-0.39, 0.29) is 5.91 Å². The molecule has 1 aromatic carbocycles. The van der Waals surface area contributed by atoms with Crippen LogP contribution in [-0.4, -0.2) is 23.9 Å². The van der Waals surface area contributed by atoms with Gasteiger partial charge in [0.2, 0.25) is 5.91 Å². The molecular weight excluding hydrogens is 188 g/mol. The molecule has 2 N–H and O–H groups in total. The molecule has 15 heavy (non-hydrogen) atoms. The molecule has 1 aromatic rings. The zero-order chi connectivity index (χ0) is 10.8. The van der Waals surface area contributed by atoms with Gasteiger partial charge in [0.1, 0.15) is 6.04 Å². The lowest BCUT2D eigenvalue weighted by atomic mass is 10.00. The van der Waals surface area contributed by atoms with Crippen LogP contribution in [0.2, 0.25) is 0 Å². The number of hydrogen-bond acceptors (Lipinski definition) is 2. The van der Waals surface area contributed by atoms with Gasteiger partial charge in [-0.1, -0.05) is 24.3 Å². The summed E-state index contributed by atoms with van der Waals surface area (Å²) in [5.41, 5.74) is 8.15. The van der Waals surface area contributed by atoms with Crippen molar-refractivity contribution in [3.05, 3.63) is 35.4 Å². The predicted molar refractivity (Wildman–Crippen MR) is 59.3 cm³/mol. The van der Waals surface area contributed by atoms with Gasteiger partial charge in [0.05, 0.1) is 0 Å². The highest BCUT2D eigenvalue weighted by Gasteiger charge is 2.26. The van der Waals surface area contributed by atoms with Gasteiger partial charge in [0.25, 0.3) is 0 Å². The molecule has 0 aliphatic carbocycles. The molecule has 0 saturated carbocycles. The minimum Gasteiger partial charge on any atom is -0.341 e. The molecule has 3 heteroatoms. The molecule has 0 bridgehead atoms. The molecule has 0 saturated heterocycles. The quantitative estimate of drug-likeness (QED) is 0.744. The summed E-state index contributed by atoms with van der Waals surface area (Å²) in [6, 6.07) is 7.47. The fraction of sp³-hybridized carbons (Fsp3) is 0.417. The number of hydrogen-bond donors (Lipinski definition) is 1. The van der Waals surface area contributed by atoms with Crippen molar-refractivity contribution < 1.29 is 4.79 Å². The Morgan fingerprint density at radius 2 is 2.20 bits per heavy atom. The van der Waals surface area contributed by atoms with E-state index in [0.717, 1.165) is 25.1 Å². The van der Waals surface area contributed by atoms with Gasteiger partial charge in [-0.05, 0) is 24.5 Å². The maximum atomic E-state index is 11.9. The van der Waals surface area contributed by atoms with Gasteiger partial charge in [-0.25, -0.2) is 0 Å². The molecular formula is C12H16N2O. The van der Waals surface area contributed by atoms with Crippen LogP contribution in [0.15, 0.2) is 24.3 Å². The first-order valence-corrected chi connectivity index (χ1v) is 5.36. The molecule has 1 heterocycles. The highest BCUT2D eigenvalue weighted by atomic mass is 16.2. The number of nitrogens with zero attached hydrogens (tertiary/aromatic N) is 1. The van der Waals surface area contributed by atoms with Gasteiger partial charge < -0.3 is 10.6 Å². The topological polar surface area (TPSA) is 46.3 Å². The van der Waals surface area contributed by atoms with Crippen LogP contribution in [-0.2, 0) is 11.2 Å². The zero-order valence-electron chi connectivity index (χ0n) is 8.94. The summed E-state index contributed by atoms with van der Waals surface area (Å²) in [5, 5.41) is 0. The Kier molecular flexibility index (Phi) is 2.73. The number of rotatable bonds is 1. The van der Waals surface area contributed by atoms with Crippen LogP contribution in [0.25, 0.3) is 0 Å². The third kappa shape index (κ3) is 1.75. The summed E-state index contributed by atoms with van der Waals surface area (Å²) < 4.78 is 0. The Morgan fingerprint density at radius 3 is 2.93 bits per heavy atom. The average Bonchev–Trinajstić information content (AvgIpc) is 2.39. The lowest BCUT2D eigenvalue weighted by Crippen LogP contribution is -2.37. The number of likely N-dealkylation sites (N-methyl/N-ethyl adjacent to an activating group) is 1. The van der Waals surface area contributed by atoms with Crippen molar-refractivity contribution in [3.63, 3.8) is 0 Å². The first kappa shape index (κ1) is 10.2. The fourth-order valence-corrected chi connectivity index (χ4v) is 2.07. The minimum atomic E-state index is -0.483. The number of nitrogens with two attached hydrogens (primary N) is 1. The van der Waals surface area contributed by atoms with E-state index in [1.165, 1.54) is 5.56 Å². The Balaban J connectivity index is 2.39. The summed E-state index contributed by atoms with van der Waals surface area (Å²) in [6.07, 6.45) is 0.906. The summed E-state index contributed by atoms with van der Waals surface area (Å²) in [5.74, 6) is 0.0439. The number of fused-ring (bicyclic) bond motifs is 1. The second kappa shape index (κ2) is 4.03. The molecule has 0 fully saturated rings. The first-order valence-electron chi connectivity index (χ1n) is 5.36. The number of amides is 1. The van der Waals surface area contributed by atoms with E-state index in [2.05, 4.69) is 6.07 Å². The Hall–Kier alpha value is -1.35. The van der Waals surface area contributed by atoms with E-state index >= 15 is 0 Å². The first-order chi connectivity index (χ1) is 7.24. The van der Waals surface area contributed by atoms with Crippen molar-refractivity contribution in [1.29, 1.82) is 0 Å². The monoisotopic (exact) mass is 204 g/mol. The lowest BCUT2D eigenvalue weighted by molar-refractivity contribution is -0.132. The van der Waals surface area contributed by atoms with Gasteiger partial charge in [0.15, 0.2) is 0 Å². The third-order valence-electron chi connectivity index (χ3n) is 3.00. The van der Waals surface area contributed by atoms with Crippen LogP contribution < -0.4 is 5.73 Å². The van der Waals surface area contributed by atoms with E-state index in [1.54, 1.807) is 0 Å². The Morgan fingerprint density at radius 1 is 1.47 bits per heavy atom. The maximum absolute atomic E-state index is 11.9. The molecule has 1 aliphatic heterocycles. The predicted octanol–water partition coefficient (Wildman–Crippen LogP) is 1.09. The molecule has 80 valence electrons. The van der Waals surface area contributed by atoms with Gasteiger partial charge in [0, 0.05) is 13.1 Å². The molecule has 2 rings (SSSR count). The van der Waals surface area contributed by atoms with Crippen molar-refractivity contribution in [2.24, 2.45) is 5.73 Å². The van der Waals surface area contributed by atoms with Crippen molar-refractivity contribution >= 4 is 5.91 Å². The summed E-state index contributed by atoms with van der Waals surface area (Å²) in [4.78, 5) is 13.8. The number of carbonyl (C=O) groups excluding carboxylic acids is 1. The van der Waals surface area contributed by atoms with Crippen molar-refractivity contribution in [2.75, 3.05) is 13.1 Å². The standard InChI is InChI=1S/C12H16N2O/c1-2-14-8-7-9-5-3-4-6-10(9)11(13)12(14)15/h3-6,11H,2,7-8,13H2,1H3. The van der Waals surface area contributed by atoms with Gasteiger partial charge in [-0.2, -0.15) is 0 Å². The Labute approximate surface area is 89.9 Å². The third-order valence-corrected chi connectivity index (χ3v) is 3.00. The number of carbonyl (C=O) groups is 1. The van der Waals surface area contributed by atoms with Crippen LogP contribution in [0.3, 0.4) is 0 Å². The van der Waals surface area contributed by atoms with Crippen LogP contribution in [0.1, 0.15) is 24.1 Å². The smallest absolute Gasteiger partial charge is 0.244 e. The van der Waals surface area contributed by atoms with E-state index in [1.807, 2.05) is 30.0 Å². The average molecular weight is 204 g/mol. The molecule has 0 spiro atoms. The van der Waals surface area contributed by atoms with Crippen LogP contribution in [0, 0.1) is 0 Å². The largest absolute Gasteiger partial charge is 0.341 e. The van der Waals surface area contributed by atoms with E-state index in [4.69, 9.17) is 5.73 Å². The fourth-order valence-electron chi connectivity index (χ4n) is 2.07. The maximum Gasteiger partial charge on any atom is 0.244 e. The van der Waals surface area contributed by atoms with E-state index < -0.39 is 6.04 Å². The summed E-state index contributed by atoms with van der Waals surface area (Å²) in [6.45, 7) is 3.50. The highest BCUT2D eigenvalue weighted by Crippen LogP contribution is 2.22. The molecule has 1 unspecified atom stereocenters. The molecule has 3 nitrogen and oxygen atoms in total. The van der Waals surface area contributed by atoms with Crippen molar-refractivity contribution in [2.45, 2.75) is 19.4 Å². The molecule has 1 atom stereocenters. The van der Waals surface area contributed by atoms with Gasteiger partial charge in [-0.15, -0.1) is 0 Å². The number of benzene rings is 1. The summed E-state index contributed by atoms with van der Waals surface area (Å²) in [7, 11) is 0. The Bertz CT molecular complexity index is 376. The SMILES string of the molecule is CCN1CCc2ccccc2C(N)C1=O. The highest BCUT2D eigenvalue weighted by molar-refractivity contribution is 5.84. The van der Waals surface area contributed by atoms with Gasteiger partial charge >= 0.3 is 0 Å². The van der Waals surface area contributed by atoms with Gasteiger partial charge in [-0.3, -0.25) is 4.79 Å². The lowest BCUT2D eigenvalue weighted by Gasteiger charge is -2.20. The molecule has 1 aliphatic rings. The van der Waals surface area contributed by atoms with Crippen molar-refractivity contribution in [3.8, 4) is 0 Å². The van der Waals surface area contributed by atoms with E-state index in [9.17, 15) is 4.79 Å². The zero-order valence-corrected chi connectivity index (χ0v) is 8.94. The molecule has 1 amide bonds. The summed E-state index contributed by atoms with van der Waals surface area (Å²) >= 11 is 0. The van der Waals surface area contributed by atoms with Crippen LogP contribution >= 0.6 is 0 Å². The van der Waals surface area contributed by atoms with Crippen LogP contribution in [0.4, 0.5) is 0 Å². The van der Waals surface area contributed by atoms with Crippen LogP contribution in [0.5, 0.6) is 0 Å². The second-order valence-electron chi connectivity index (χ2n) is 3.84. The second-order valence-corrected chi connectivity index (χ2v) is 3.84. The van der Waals surface area contributed by atoms with Crippen molar-refractivity contribution in [1.82, 2.24) is 4.90 Å². The molecule has 0 radical (unpaired) electrons. The minimum absolute atomic E-state index is 0.0439. The normalized spacial score (nSPS) is 21.1. The van der Waals surface area contributed by atoms with E-state index in [0.29, 0.717) is 0 Å².